The van der Waals surface area contributed by atoms with E-state index in [0.29, 0.717) is 26.3 Å². The van der Waals surface area contributed by atoms with Gasteiger partial charge in [-0.2, -0.15) is 14.5 Å². The van der Waals surface area contributed by atoms with Crippen LogP contribution in [-0.2, 0) is 53.9 Å². The SMILES string of the molecule is CCn1nc(C(C)C)c2c1CC(Cc1n[nH]c3c1COC3)CN(S(C)(=O)=O)C2. The first-order valence-electron chi connectivity index (χ1n) is 9.94. The third kappa shape index (κ3) is 3.51. The van der Waals surface area contributed by atoms with E-state index in [2.05, 4.69) is 35.7 Å². The average Bonchev–Trinajstić information content (AvgIpc) is 3.27. The van der Waals surface area contributed by atoms with Crippen LogP contribution in [0.2, 0.25) is 0 Å². The molecule has 28 heavy (non-hydrogen) atoms. The second kappa shape index (κ2) is 7.27. The van der Waals surface area contributed by atoms with Crippen LogP contribution in [0.25, 0.3) is 0 Å². The Morgan fingerprint density at radius 1 is 1.29 bits per heavy atom. The molecule has 2 aliphatic heterocycles. The standard InChI is InChI=1S/C19H29N5O3S/c1-5-24-18-7-13(6-16-15-10-27-11-17(15)21-20-16)8-23(28(4,25)26)9-14(18)19(22-24)12(2)3/h12-13H,5-11H2,1-4H3,(H,20,21). The maximum atomic E-state index is 12.5. The lowest BCUT2D eigenvalue weighted by molar-refractivity contribution is 0.131. The fraction of sp³-hybridized carbons (Fsp3) is 0.684. The van der Waals surface area contributed by atoms with Crippen LogP contribution in [0.4, 0.5) is 0 Å². The predicted octanol–water partition coefficient (Wildman–Crippen LogP) is 1.96. The summed E-state index contributed by atoms with van der Waals surface area (Å²) in [7, 11) is -3.31. The molecule has 0 bridgehead atoms. The fourth-order valence-electron chi connectivity index (χ4n) is 4.37. The number of H-pyrrole nitrogens is 1. The maximum absolute atomic E-state index is 12.5. The summed E-state index contributed by atoms with van der Waals surface area (Å²) in [6.45, 7) is 9.16. The summed E-state index contributed by atoms with van der Waals surface area (Å²) in [5.41, 5.74) is 6.46. The van der Waals surface area contributed by atoms with Gasteiger partial charge in [-0.25, -0.2) is 8.42 Å². The van der Waals surface area contributed by atoms with Crippen LogP contribution in [0.15, 0.2) is 0 Å². The fourth-order valence-corrected chi connectivity index (χ4v) is 5.21. The van der Waals surface area contributed by atoms with Crippen molar-refractivity contribution in [2.75, 3.05) is 12.8 Å². The first-order chi connectivity index (χ1) is 13.3. The molecule has 1 unspecified atom stereocenters. The van der Waals surface area contributed by atoms with Gasteiger partial charge < -0.3 is 4.74 Å². The lowest BCUT2D eigenvalue weighted by Gasteiger charge is -2.22. The van der Waals surface area contributed by atoms with Crippen molar-refractivity contribution in [3.63, 3.8) is 0 Å². The quantitative estimate of drug-likeness (QED) is 0.818. The van der Waals surface area contributed by atoms with Crippen molar-refractivity contribution < 1.29 is 13.2 Å². The smallest absolute Gasteiger partial charge is 0.211 e. The van der Waals surface area contributed by atoms with Gasteiger partial charge in [-0.1, -0.05) is 13.8 Å². The normalized spacial score (nSPS) is 20.4. The van der Waals surface area contributed by atoms with E-state index >= 15 is 0 Å². The Hall–Kier alpha value is -1.71. The van der Waals surface area contributed by atoms with Crippen LogP contribution in [0, 0.1) is 5.92 Å². The molecule has 1 N–H and O–H groups in total. The molecule has 0 spiro atoms. The van der Waals surface area contributed by atoms with Gasteiger partial charge in [0, 0.05) is 36.5 Å². The van der Waals surface area contributed by atoms with Gasteiger partial charge in [-0.05, 0) is 31.6 Å². The number of aryl methyl sites for hydroxylation is 1. The minimum absolute atomic E-state index is 0.144. The number of rotatable bonds is 5. The molecule has 154 valence electrons. The molecule has 4 heterocycles. The molecule has 0 aliphatic carbocycles. The summed E-state index contributed by atoms with van der Waals surface area (Å²) >= 11 is 0. The second-order valence-electron chi connectivity index (χ2n) is 8.23. The van der Waals surface area contributed by atoms with Gasteiger partial charge in [0.25, 0.3) is 0 Å². The van der Waals surface area contributed by atoms with Crippen molar-refractivity contribution in [1.82, 2.24) is 24.3 Å². The van der Waals surface area contributed by atoms with Gasteiger partial charge >= 0.3 is 0 Å². The molecule has 0 fully saturated rings. The lowest BCUT2D eigenvalue weighted by Crippen LogP contribution is -2.34. The van der Waals surface area contributed by atoms with Gasteiger partial charge in [0.05, 0.1) is 36.6 Å². The molecule has 1 atom stereocenters. The Morgan fingerprint density at radius 2 is 2.07 bits per heavy atom. The summed E-state index contributed by atoms with van der Waals surface area (Å²) in [6.07, 6.45) is 2.83. The van der Waals surface area contributed by atoms with E-state index in [-0.39, 0.29) is 11.8 Å². The molecule has 0 saturated heterocycles. The van der Waals surface area contributed by atoms with Crippen molar-refractivity contribution >= 4 is 10.0 Å². The zero-order chi connectivity index (χ0) is 20.1. The highest BCUT2D eigenvalue weighted by atomic mass is 32.2. The van der Waals surface area contributed by atoms with Gasteiger partial charge in [0.15, 0.2) is 0 Å². The molecule has 8 nitrogen and oxygen atoms in total. The van der Waals surface area contributed by atoms with E-state index < -0.39 is 10.0 Å². The molecular formula is C19H29N5O3S. The van der Waals surface area contributed by atoms with Crippen molar-refractivity contribution in [2.45, 2.75) is 65.8 Å². The average molecular weight is 408 g/mol. The van der Waals surface area contributed by atoms with Gasteiger partial charge in [-0.3, -0.25) is 9.78 Å². The highest BCUT2D eigenvalue weighted by molar-refractivity contribution is 7.88. The summed E-state index contributed by atoms with van der Waals surface area (Å²) in [6, 6.07) is 0. The molecule has 0 amide bonds. The van der Waals surface area contributed by atoms with Crippen LogP contribution < -0.4 is 0 Å². The van der Waals surface area contributed by atoms with Crippen molar-refractivity contribution in [1.29, 1.82) is 0 Å². The molecule has 2 aliphatic rings. The number of ether oxygens (including phenoxy) is 1. The van der Waals surface area contributed by atoms with E-state index in [1.807, 2.05) is 0 Å². The number of hydrogen-bond acceptors (Lipinski definition) is 5. The summed E-state index contributed by atoms with van der Waals surface area (Å²) < 4.78 is 34.2. The van der Waals surface area contributed by atoms with Gasteiger partial charge in [0.2, 0.25) is 10.0 Å². The second-order valence-corrected chi connectivity index (χ2v) is 10.2. The Bertz CT molecular complexity index is 976. The summed E-state index contributed by atoms with van der Waals surface area (Å²) in [5.74, 6) is 0.400. The van der Waals surface area contributed by atoms with Crippen LogP contribution in [-0.4, -0.2) is 45.5 Å². The monoisotopic (exact) mass is 407 g/mol. The van der Waals surface area contributed by atoms with Crippen LogP contribution in [0.3, 0.4) is 0 Å². The van der Waals surface area contributed by atoms with Crippen molar-refractivity contribution in [2.24, 2.45) is 5.92 Å². The van der Waals surface area contributed by atoms with E-state index in [4.69, 9.17) is 9.84 Å². The first-order valence-corrected chi connectivity index (χ1v) is 11.8. The molecule has 0 saturated carbocycles. The van der Waals surface area contributed by atoms with Crippen molar-refractivity contribution in [3.05, 3.63) is 33.9 Å². The number of fused-ring (bicyclic) bond motifs is 2. The van der Waals surface area contributed by atoms with E-state index in [1.165, 1.54) is 11.9 Å². The number of aromatic amines is 1. The number of nitrogens with zero attached hydrogens (tertiary/aromatic N) is 4. The van der Waals surface area contributed by atoms with Crippen LogP contribution in [0.5, 0.6) is 0 Å². The molecule has 0 aromatic carbocycles. The topological polar surface area (TPSA) is 93.1 Å². The largest absolute Gasteiger partial charge is 0.370 e. The molecule has 0 radical (unpaired) electrons. The van der Waals surface area contributed by atoms with Gasteiger partial charge in [-0.15, -0.1) is 0 Å². The van der Waals surface area contributed by atoms with Gasteiger partial charge in [0.1, 0.15) is 0 Å². The van der Waals surface area contributed by atoms with E-state index in [0.717, 1.165) is 47.6 Å². The molecule has 2 aromatic heterocycles. The predicted molar refractivity (Wildman–Crippen MR) is 105 cm³/mol. The van der Waals surface area contributed by atoms with Crippen molar-refractivity contribution in [3.8, 4) is 0 Å². The highest BCUT2D eigenvalue weighted by Crippen LogP contribution is 2.32. The Morgan fingerprint density at radius 3 is 2.75 bits per heavy atom. The summed E-state index contributed by atoms with van der Waals surface area (Å²) in [5, 5.41) is 12.4. The lowest BCUT2D eigenvalue weighted by atomic mass is 9.94. The van der Waals surface area contributed by atoms with E-state index in [1.54, 1.807) is 4.31 Å². The molecular weight excluding hydrogens is 378 g/mol. The third-order valence-electron chi connectivity index (χ3n) is 5.80. The first kappa shape index (κ1) is 19.6. The minimum atomic E-state index is -3.31. The highest BCUT2D eigenvalue weighted by Gasteiger charge is 2.33. The molecule has 2 aromatic rings. The minimum Gasteiger partial charge on any atom is -0.370 e. The maximum Gasteiger partial charge on any atom is 0.211 e. The summed E-state index contributed by atoms with van der Waals surface area (Å²) in [4.78, 5) is 0. The molecule has 4 rings (SSSR count). The zero-order valence-electron chi connectivity index (χ0n) is 17.0. The zero-order valence-corrected chi connectivity index (χ0v) is 17.8. The van der Waals surface area contributed by atoms with E-state index in [9.17, 15) is 8.42 Å². The Labute approximate surface area is 166 Å². The molecule has 9 heteroatoms. The number of sulfonamides is 1. The van der Waals surface area contributed by atoms with Crippen LogP contribution >= 0.6 is 0 Å². The number of nitrogens with one attached hydrogen (secondary N) is 1. The Kier molecular flexibility index (Phi) is 5.09. The third-order valence-corrected chi connectivity index (χ3v) is 7.02. The number of hydrogen-bond donors (Lipinski definition) is 1. The number of aromatic nitrogens is 4. The Balaban J connectivity index is 1.72. The van der Waals surface area contributed by atoms with Crippen LogP contribution in [0.1, 0.15) is 60.6 Å².